The maximum atomic E-state index is 12.8. The summed E-state index contributed by atoms with van der Waals surface area (Å²) in [6, 6.07) is 1.79. The third kappa shape index (κ3) is 6.29. The molecule has 2 fully saturated rings. The SMILES string of the molecule is COC(=O)c1nc(Sc2ccnc(Cl)c2Cl)c(C)nc1N1CCC2(CCC[C@H]2NC(=O)OC(C)(C)C)CC1. The largest absolute Gasteiger partial charge is 0.464 e. The highest BCUT2D eigenvalue weighted by Gasteiger charge is 2.46. The Morgan fingerprint density at radius 3 is 2.55 bits per heavy atom. The van der Waals surface area contributed by atoms with E-state index in [0.29, 0.717) is 39.5 Å². The maximum absolute atomic E-state index is 12.8. The van der Waals surface area contributed by atoms with Gasteiger partial charge in [-0.3, -0.25) is 0 Å². The first kappa shape index (κ1) is 28.7. The number of rotatable bonds is 5. The highest BCUT2D eigenvalue weighted by atomic mass is 35.5. The van der Waals surface area contributed by atoms with Crippen LogP contribution >= 0.6 is 35.0 Å². The zero-order valence-electron chi connectivity index (χ0n) is 22.3. The van der Waals surface area contributed by atoms with Gasteiger partial charge in [0.25, 0.3) is 0 Å². The number of carbonyl (C=O) groups is 2. The lowest BCUT2D eigenvalue weighted by atomic mass is 9.74. The smallest absolute Gasteiger partial charge is 0.407 e. The number of amides is 1. The van der Waals surface area contributed by atoms with Crippen molar-refractivity contribution in [3.8, 4) is 0 Å². The van der Waals surface area contributed by atoms with Crippen molar-refractivity contribution < 1.29 is 19.1 Å². The molecule has 0 bridgehead atoms. The minimum absolute atomic E-state index is 0.00550. The minimum atomic E-state index is -0.557. The van der Waals surface area contributed by atoms with Crippen LogP contribution in [0.15, 0.2) is 22.2 Å². The topological polar surface area (TPSA) is 107 Å². The zero-order valence-corrected chi connectivity index (χ0v) is 24.6. The molecule has 1 saturated carbocycles. The van der Waals surface area contributed by atoms with E-state index in [4.69, 9.17) is 37.7 Å². The summed E-state index contributed by atoms with van der Waals surface area (Å²) < 4.78 is 10.6. The number of alkyl carbamates (subject to hydrolysis) is 1. The number of aryl methyl sites for hydroxylation is 1. The number of esters is 1. The van der Waals surface area contributed by atoms with Gasteiger partial charge < -0.3 is 19.7 Å². The van der Waals surface area contributed by atoms with E-state index in [-0.39, 0.29) is 28.4 Å². The van der Waals surface area contributed by atoms with Crippen molar-refractivity contribution in [3.63, 3.8) is 0 Å². The average molecular weight is 583 g/mol. The van der Waals surface area contributed by atoms with Gasteiger partial charge in [0.2, 0.25) is 0 Å². The Morgan fingerprint density at radius 2 is 1.89 bits per heavy atom. The van der Waals surface area contributed by atoms with E-state index < -0.39 is 11.6 Å². The third-order valence-corrected chi connectivity index (χ3v) is 9.08. The molecule has 206 valence electrons. The number of aromatic nitrogens is 3. The first-order valence-electron chi connectivity index (χ1n) is 12.6. The summed E-state index contributed by atoms with van der Waals surface area (Å²) in [6.45, 7) is 8.80. The van der Waals surface area contributed by atoms with Gasteiger partial charge in [-0.15, -0.1) is 0 Å². The molecule has 1 N–H and O–H groups in total. The predicted octanol–water partition coefficient (Wildman–Crippen LogP) is 6.09. The molecule has 1 saturated heterocycles. The van der Waals surface area contributed by atoms with Crippen LogP contribution in [0.2, 0.25) is 10.2 Å². The molecule has 1 amide bonds. The Morgan fingerprint density at radius 1 is 1.18 bits per heavy atom. The van der Waals surface area contributed by atoms with Gasteiger partial charge in [-0.2, -0.15) is 0 Å². The zero-order chi connectivity index (χ0) is 27.7. The second-order valence-corrected chi connectivity index (χ2v) is 12.5. The van der Waals surface area contributed by atoms with Crippen molar-refractivity contribution in [3.05, 3.63) is 33.8 Å². The minimum Gasteiger partial charge on any atom is -0.464 e. The standard InChI is InChI=1S/C26H33Cl2N5O4S/c1-15-22(38-16-8-12-29-20(28)18(16)27)32-19(23(34)36-5)21(30-15)33-13-10-26(11-14-33)9-6-7-17(26)31-24(35)37-25(2,3)4/h8,12,17H,6-7,9-11,13-14H2,1-5H3,(H,31,35)/t17-/m1/s1. The van der Waals surface area contributed by atoms with Gasteiger partial charge in [0.15, 0.2) is 11.5 Å². The molecule has 2 aromatic heterocycles. The number of piperidine rings is 1. The second-order valence-electron chi connectivity index (χ2n) is 10.7. The highest BCUT2D eigenvalue weighted by molar-refractivity contribution is 7.99. The average Bonchev–Trinajstić information content (AvgIpc) is 3.22. The van der Waals surface area contributed by atoms with Crippen LogP contribution in [-0.2, 0) is 9.47 Å². The normalized spacial score (nSPS) is 18.9. The maximum Gasteiger partial charge on any atom is 0.407 e. The monoisotopic (exact) mass is 581 g/mol. The molecule has 1 aliphatic carbocycles. The van der Waals surface area contributed by atoms with E-state index >= 15 is 0 Å². The molecule has 2 aromatic rings. The summed E-state index contributed by atoms with van der Waals surface area (Å²) in [7, 11) is 1.33. The number of anilines is 1. The van der Waals surface area contributed by atoms with Gasteiger partial charge in [-0.1, -0.05) is 41.4 Å². The number of nitrogens with zero attached hydrogens (tertiary/aromatic N) is 4. The number of halogens is 2. The fourth-order valence-electron chi connectivity index (χ4n) is 5.20. The molecule has 0 radical (unpaired) electrons. The van der Waals surface area contributed by atoms with Crippen LogP contribution in [0.3, 0.4) is 0 Å². The number of carbonyl (C=O) groups excluding carboxylic acids is 2. The number of pyridine rings is 1. The van der Waals surface area contributed by atoms with Crippen molar-refractivity contribution in [2.45, 2.75) is 81.4 Å². The highest BCUT2D eigenvalue weighted by Crippen LogP contribution is 2.47. The fraction of sp³-hybridized carbons (Fsp3) is 0.577. The molecular weight excluding hydrogens is 549 g/mol. The van der Waals surface area contributed by atoms with Crippen molar-refractivity contribution in [2.24, 2.45) is 5.41 Å². The van der Waals surface area contributed by atoms with Gasteiger partial charge in [-0.05, 0) is 64.9 Å². The molecule has 12 heteroatoms. The summed E-state index contributed by atoms with van der Waals surface area (Å²) in [5.41, 5.74) is 0.267. The number of methoxy groups -OCH3 is 1. The summed E-state index contributed by atoms with van der Waals surface area (Å²) in [5, 5.41) is 4.17. The Hall–Kier alpha value is -2.30. The Bertz CT molecular complexity index is 1210. The predicted molar refractivity (Wildman–Crippen MR) is 147 cm³/mol. The van der Waals surface area contributed by atoms with Crippen molar-refractivity contribution >= 4 is 52.8 Å². The molecule has 0 aromatic carbocycles. The number of nitrogens with one attached hydrogen (secondary N) is 1. The van der Waals surface area contributed by atoms with Crippen LogP contribution in [0.5, 0.6) is 0 Å². The third-order valence-electron chi connectivity index (χ3n) is 7.06. The van der Waals surface area contributed by atoms with E-state index in [1.165, 1.54) is 18.9 Å². The van der Waals surface area contributed by atoms with Gasteiger partial charge in [-0.25, -0.2) is 24.5 Å². The van der Waals surface area contributed by atoms with E-state index in [1.54, 1.807) is 12.3 Å². The van der Waals surface area contributed by atoms with E-state index in [0.717, 1.165) is 32.1 Å². The van der Waals surface area contributed by atoms with Crippen LogP contribution in [0.25, 0.3) is 0 Å². The fourth-order valence-corrected chi connectivity index (χ4v) is 6.50. The molecule has 1 aliphatic heterocycles. The molecule has 0 unspecified atom stereocenters. The van der Waals surface area contributed by atoms with E-state index in [1.807, 2.05) is 27.7 Å². The van der Waals surface area contributed by atoms with E-state index in [2.05, 4.69) is 20.2 Å². The second kappa shape index (κ2) is 11.4. The molecule has 1 spiro atoms. The molecule has 38 heavy (non-hydrogen) atoms. The summed E-state index contributed by atoms with van der Waals surface area (Å²) in [4.78, 5) is 41.4. The van der Waals surface area contributed by atoms with Crippen LogP contribution in [0.1, 0.15) is 69.1 Å². The van der Waals surface area contributed by atoms with Gasteiger partial charge in [0, 0.05) is 30.2 Å². The Balaban J connectivity index is 1.53. The molecule has 1 atom stereocenters. The van der Waals surface area contributed by atoms with Crippen molar-refractivity contribution in [1.82, 2.24) is 20.3 Å². The van der Waals surface area contributed by atoms with Gasteiger partial charge in [0.1, 0.15) is 15.8 Å². The van der Waals surface area contributed by atoms with E-state index in [9.17, 15) is 9.59 Å². The van der Waals surface area contributed by atoms with Crippen LogP contribution in [0, 0.1) is 12.3 Å². The number of hydrogen-bond acceptors (Lipinski definition) is 9. The van der Waals surface area contributed by atoms with Crippen LogP contribution in [0.4, 0.5) is 10.6 Å². The van der Waals surface area contributed by atoms with Gasteiger partial charge >= 0.3 is 12.1 Å². The first-order chi connectivity index (χ1) is 17.9. The van der Waals surface area contributed by atoms with Crippen LogP contribution < -0.4 is 10.2 Å². The Kier molecular flexibility index (Phi) is 8.64. The van der Waals surface area contributed by atoms with Gasteiger partial charge in [0.05, 0.1) is 17.8 Å². The first-order valence-corrected chi connectivity index (χ1v) is 14.2. The number of hydrogen-bond donors (Lipinski definition) is 1. The van der Waals surface area contributed by atoms with Crippen molar-refractivity contribution in [1.29, 1.82) is 0 Å². The summed E-state index contributed by atoms with van der Waals surface area (Å²) >= 11 is 13.6. The molecule has 4 rings (SSSR count). The lowest BCUT2D eigenvalue weighted by Gasteiger charge is -2.44. The Labute approximate surface area is 237 Å². The summed E-state index contributed by atoms with van der Waals surface area (Å²) in [5.74, 6) is -0.0547. The quantitative estimate of drug-likeness (QED) is 0.331. The molecule has 2 aliphatic rings. The van der Waals surface area contributed by atoms with Crippen LogP contribution in [-0.4, -0.2) is 58.9 Å². The summed E-state index contributed by atoms with van der Waals surface area (Å²) in [6.07, 6.45) is 5.93. The molecule has 9 nitrogen and oxygen atoms in total. The molecule has 3 heterocycles. The molecular formula is C26H33Cl2N5O4S. The lowest BCUT2D eigenvalue weighted by Crippen LogP contribution is -2.51. The number of ether oxygens (including phenoxy) is 2. The lowest BCUT2D eigenvalue weighted by molar-refractivity contribution is 0.0440. The van der Waals surface area contributed by atoms with Crippen molar-refractivity contribution in [2.75, 3.05) is 25.1 Å².